The van der Waals surface area contributed by atoms with Crippen LogP contribution in [0.15, 0.2) is 24.3 Å². The molecule has 5 heteroatoms. The third-order valence-corrected chi connectivity index (χ3v) is 5.50. The first-order valence-corrected chi connectivity index (χ1v) is 9.64. The van der Waals surface area contributed by atoms with E-state index in [9.17, 15) is 4.39 Å². The number of rotatable bonds is 3. The summed E-state index contributed by atoms with van der Waals surface area (Å²) in [6.45, 7) is 4.96. The van der Waals surface area contributed by atoms with E-state index in [0.717, 1.165) is 44.3 Å². The summed E-state index contributed by atoms with van der Waals surface area (Å²) in [6.07, 6.45) is 7.65. The van der Waals surface area contributed by atoms with E-state index in [1.54, 1.807) is 12.1 Å². The van der Waals surface area contributed by atoms with Crippen LogP contribution < -0.4 is 5.32 Å². The topological polar surface area (TPSA) is 18.5 Å². The van der Waals surface area contributed by atoms with Crippen LogP contribution in [0.3, 0.4) is 0 Å². The summed E-state index contributed by atoms with van der Waals surface area (Å²) in [5.74, 6) is -0.167. The Morgan fingerprint density at radius 3 is 2.50 bits per heavy atom. The number of halogens is 1. The van der Waals surface area contributed by atoms with Crippen LogP contribution in [-0.2, 0) is 6.54 Å². The monoisotopic (exact) mass is 349 g/mol. The number of hydrogen-bond donors (Lipinski definition) is 1. The number of hydrogen-bond acceptors (Lipinski definition) is 2. The predicted octanol–water partition coefficient (Wildman–Crippen LogP) is 3.54. The lowest BCUT2D eigenvalue weighted by molar-refractivity contribution is 0.277. The lowest BCUT2D eigenvalue weighted by atomic mass is 9.96. The van der Waals surface area contributed by atoms with Crippen LogP contribution in [0.5, 0.6) is 0 Å². The maximum Gasteiger partial charge on any atom is 0.169 e. The second-order valence-corrected chi connectivity index (χ2v) is 7.41. The number of benzene rings is 1. The van der Waals surface area contributed by atoms with Crippen LogP contribution in [0, 0.1) is 5.82 Å². The average Bonchev–Trinajstić information content (AvgIpc) is 2.83. The Bertz CT molecular complexity index is 528. The van der Waals surface area contributed by atoms with Crippen molar-refractivity contribution >= 4 is 17.3 Å². The van der Waals surface area contributed by atoms with Crippen LogP contribution in [-0.4, -0.2) is 47.1 Å². The van der Waals surface area contributed by atoms with Crippen LogP contribution in [0.1, 0.15) is 44.1 Å². The summed E-state index contributed by atoms with van der Waals surface area (Å²) in [4.78, 5) is 4.77. The number of thiocarbonyl (C=S) groups is 1. The molecule has 0 aromatic heterocycles. The largest absolute Gasteiger partial charge is 0.360 e. The molecular weight excluding hydrogens is 321 g/mol. The van der Waals surface area contributed by atoms with Gasteiger partial charge in [0.05, 0.1) is 0 Å². The Labute approximate surface area is 150 Å². The molecule has 132 valence electrons. The quantitative estimate of drug-likeness (QED) is 0.841. The van der Waals surface area contributed by atoms with Gasteiger partial charge in [0.15, 0.2) is 5.11 Å². The van der Waals surface area contributed by atoms with Gasteiger partial charge in [-0.15, -0.1) is 0 Å². The second-order valence-electron chi connectivity index (χ2n) is 7.03. The first kappa shape index (κ1) is 17.6. The number of nitrogens with zero attached hydrogens (tertiary/aromatic N) is 2. The summed E-state index contributed by atoms with van der Waals surface area (Å²) < 4.78 is 13.0. The molecule has 0 spiro atoms. The van der Waals surface area contributed by atoms with Gasteiger partial charge in [0.1, 0.15) is 5.82 Å². The molecule has 1 aliphatic heterocycles. The molecule has 2 aliphatic rings. The van der Waals surface area contributed by atoms with Crippen molar-refractivity contribution in [2.45, 2.75) is 51.1 Å². The summed E-state index contributed by atoms with van der Waals surface area (Å²) >= 11 is 5.65. The second kappa shape index (κ2) is 8.77. The van der Waals surface area contributed by atoms with Crippen molar-refractivity contribution < 1.29 is 4.39 Å². The van der Waals surface area contributed by atoms with Crippen molar-refractivity contribution in [1.29, 1.82) is 0 Å². The van der Waals surface area contributed by atoms with Gasteiger partial charge in [0.2, 0.25) is 0 Å². The van der Waals surface area contributed by atoms with Crippen molar-refractivity contribution in [3.8, 4) is 0 Å². The highest BCUT2D eigenvalue weighted by molar-refractivity contribution is 7.80. The van der Waals surface area contributed by atoms with Crippen molar-refractivity contribution in [3.05, 3.63) is 35.6 Å². The molecule has 1 aromatic rings. The Balaban J connectivity index is 1.47. The van der Waals surface area contributed by atoms with Gasteiger partial charge in [-0.05, 0) is 49.2 Å². The minimum absolute atomic E-state index is 0.167. The average molecular weight is 350 g/mol. The highest BCUT2D eigenvalue weighted by Gasteiger charge is 2.20. The lowest BCUT2D eigenvalue weighted by Gasteiger charge is -2.30. The van der Waals surface area contributed by atoms with Gasteiger partial charge < -0.3 is 10.2 Å². The molecule has 3 rings (SSSR count). The zero-order valence-electron chi connectivity index (χ0n) is 14.3. The zero-order valence-corrected chi connectivity index (χ0v) is 15.2. The van der Waals surface area contributed by atoms with Gasteiger partial charge in [-0.2, -0.15) is 0 Å². The van der Waals surface area contributed by atoms with Crippen LogP contribution in [0.25, 0.3) is 0 Å². The first-order valence-electron chi connectivity index (χ1n) is 9.23. The van der Waals surface area contributed by atoms with E-state index in [2.05, 4.69) is 15.1 Å². The van der Waals surface area contributed by atoms with Crippen LogP contribution in [0.2, 0.25) is 0 Å². The molecule has 2 fully saturated rings. The molecule has 1 heterocycles. The Morgan fingerprint density at radius 1 is 1.00 bits per heavy atom. The van der Waals surface area contributed by atoms with E-state index in [1.807, 2.05) is 12.1 Å². The van der Waals surface area contributed by atoms with Gasteiger partial charge in [-0.25, -0.2) is 4.39 Å². The Hall–Kier alpha value is -1.20. The molecule has 0 atom stereocenters. The van der Waals surface area contributed by atoms with Crippen molar-refractivity contribution in [2.24, 2.45) is 0 Å². The minimum Gasteiger partial charge on any atom is -0.360 e. The first-order chi connectivity index (χ1) is 11.7. The molecular formula is C19H28FN3S. The number of nitrogens with one attached hydrogen (secondary N) is 1. The molecule has 1 saturated heterocycles. The van der Waals surface area contributed by atoms with Gasteiger partial charge >= 0.3 is 0 Å². The van der Waals surface area contributed by atoms with Gasteiger partial charge in [0, 0.05) is 38.8 Å². The summed E-state index contributed by atoms with van der Waals surface area (Å²) in [5, 5.41) is 4.52. The van der Waals surface area contributed by atoms with E-state index >= 15 is 0 Å². The molecule has 1 aliphatic carbocycles. The molecule has 1 N–H and O–H groups in total. The standard InChI is InChI=1S/C19H28FN3S/c20-17-9-7-16(8-10-17)15-22-11-4-12-23(14-13-22)19(24)21-18-5-2-1-3-6-18/h7-10,18H,1-6,11-15H2,(H,21,24). The maximum atomic E-state index is 13.0. The van der Waals surface area contributed by atoms with E-state index in [4.69, 9.17) is 12.2 Å². The van der Waals surface area contributed by atoms with E-state index in [-0.39, 0.29) is 5.82 Å². The fraction of sp³-hybridized carbons (Fsp3) is 0.632. The summed E-state index contributed by atoms with van der Waals surface area (Å²) in [7, 11) is 0. The van der Waals surface area contributed by atoms with Gasteiger partial charge in [0.25, 0.3) is 0 Å². The molecule has 0 amide bonds. The highest BCUT2D eigenvalue weighted by Crippen LogP contribution is 2.18. The third kappa shape index (κ3) is 5.15. The summed E-state index contributed by atoms with van der Waals surface area (Å²) in [5.41, 5.74) is 1.17. The predicted molar refractivity (Wildman–Crippen MR) is 100 cm³/mol. The maximum absolute atomic E-state index is 13.0. The fourth-order valence-corrected chi connectivity index (χ4v) is 4.04. The molecule has 0 radical (unpaired) electrons. The highest BCUT2D eigenvalue weighted by atomic mass is 32.1. The van der Waals surface area contributed by atoms with Crippen molar-refractivity contribution in [2.75, 3.05) is 26.2 Å². The SMILES string of the molecule is Fc1ccc(CN2CCCN(C(=S)NC3CCCCC3)CC2)cc1. The van der Waals surface area contributed by atoms with Crippen molar-refractivity contribution in [3.63, 3.8) is 0 Å². The molecule has 0 unspecified atom stereocenters. The molecule has 1 aromatic carbocycles. The Morgan fingerprint density at radius 2 is 1.75 bits per heavy atom. The minimum atomic E-state index is -0.167. The molecule has 1 saturated carbocycles. The van der Waals surface area contributed by atoms with Gasteiger partial charge in [-0.3, -0.25) is 4.90 Å². The normalized spacial score (nSPS) is 20.6. The molecule has 3 nitrogen and oxygen atoms in total. The third-order valence-electron chi connectivity index (χ3n) is 5.13. The van der Waals surface area contributed by atoms with Crippen molar-refractivity contribution in [1.82, 2.24) is 15.1 Å². The van der Waals surface area contributed by atoms with E-state index in [1.165, 1.54) is 37.7 Å². The lowest BCUT2D eigenvalue weighted by Crippen LogP contribution is -2.46. The van der Waals surface area contributed by atoms with Crippen LogP contribution in [0.4, 0.5) is 4.39 Å². The summed E-state index contributed by atoms with van der Waals surface area (Å²) in [6, 6.07) is 7.43. The van der Waals surface area contributed by atoms with E-state index in [0.29, 0.717) is 6.04 Å². The fourth-order valence-electron chi connectivity index (χ4n) is 3.69. The van der Waals surface area contributed by atoms with Gasteiger partial charge in [-0.1, -0.05) is 31.4 Å². The Kier molecular flexibility index (Phi) is 6.44. The van der Waals surface area contributed by atoms with E-state index < -0.39 is 0 Å². The zero-order chi connectivity index (χ0) is 16.8. The smallest absolute Gasteiger partial charge is 0.169 e. The molecule has 24 heavy (non-hydrogen) atoms. The van der Waals surface area contributed by atoms with Crippen LogP contribution >= 0.6 is 12.2 Å². The molecule has 0 bridgehead atoms.